The molecule has 2 heteroatoms. The van der Waals surface area contributed by atoms with Crippen LogP contribution in [0.1, 0.15) is 5.56 Å². The second-order valence-corrected chi connectivity index (χ2v) is 6.53. The van der Waals surface area contributed by atoms with Crippen LogP contribution in [0.2, 0.25) is 0 Å². The quantitative estimate of drug-likeness (QED) is 0.320. The number of thiazole rings is 1. The van der Waals surface area contributed by atoms with Crippen molar-refractivity contribution in [3.63, 3.8) is 0 Å². The molecule has 0 fully saturated rings. The molecule has 5 rings (SSSR count). The second kappa shape index (κ2) is 4.52. The van der Waals surface area contributed by atoms with Crippen LogP contribution < -0.4 is 4.57 Å². The molecule has 0 aliphatic carbocycles. The zero-order valence-corrected chi connectivity index (χ0v) is 12.8. The lowest BCUT2D eigenvalue weighted by molar-refractivity contribution is -0.683. The maximum Gasteiger partial charge on any atom is 0.224 e. The zero-order valence-electron chi connectivity index (χ0n) is 12.0. The molecule has 0 amide bonds. The van der Waals surface area contributed by atoms with E-state index in [1.165, 1.54) is 37.9 Å². The molecular weight excluding hydrogens is 286 g/mol. The van der Waals surface area contributed by atoms with Crippen molar-refractivity contribution < 1.29 is 4.57 Å². The van der Waals surface area contributed by atoms with Crippen LogP contribution in [0.25, 0.3) is 32.3 Å². The molecule has 0 unspecified atom stereocenters. The van der Waals surface area contributed by atoms with Crippen LogP contribution in [0, 0.1) is 0 Å². The third-order valence-corrected chi connectivity index (χ3v) is 5.17. The predicted octanol–water partition coefficient (Wildman–Crippen LogP) is 4.98. The van der Waals surface area contributed by atoms with Crippen molar-refractivity contribution in [2.24, 2.45) is 0 Å². The molecule has 0 atom stereocenters. The molecule has 5 aromatic rings. The molecule has 0 aliphatic rings. The molecule has 0 N–H and O–H groups in total. The third kappa shape index (κ3) is 1.68. The largest absolute Gasteiger partial charge is 0.224 e. The number of aromatic nitrogens is 1. The van der Waals surface area contributed by atoms with Crippen molar-refractivity contribution in [2.75, 3.05) is 0 Å². The van der Waals surface area contributed by atoms with Crippen LogP contribution in [-0.2, 0) is 6.54 Å². The Morgan fingerprint density at radius 3 is 2.27 bits per heavy atom. The Labute approximate surface area is 132 Å². The number of rotatable bonds is 2. The van der Waals surface area contributed by atoms with Gasteiger partial charge in [0.2, 0.25) is 5.51 Å². The Morgan fingerprint density at radius 2 is 1.50 bits per heavy atom. The molecule has 0 saturated carbocycles. The lowest BCUT2D eigenvalue weighted by atomic mass is 9.92. The van der Waals surface area contributed by atoms with Crippen LogP contribution in [0.15, 0.2) is 71.7 Å². The summed E-state index contributed by atoms with van der Waals surface area (Å²) in [6.07, 6.45) is 2.14. The van der Waals surface area contributed by atoms with Gasteiger partial charge >= 0.3 is 0 Å². The fourth-order valence-corrected chi connectivity index (χ4v) is 4.08. The van der Waals surface area contributed by atoms with E-state index in [9.17, 15) is 0 Å². The summed E-state index contributed by atoms with van der Waals surface area (Å²) in [4.78, 5) is 0. The van der Waals surface area contributed by atoms with E-state index < -0.39 is 0 Å². The monoisotopic (exact) mass is 300 g/mol. The van der Waals surface area contributed by atoms with Crippen LogP contribution in [0.3, 0.4) is 0 Å². The van der Waals surface area contributed by atoms with Crippen LogP contribution >= 0.6 is 11.3 Å². The SMILES string of the molecule is c1cc2ccc3ccc(C[n+]4ccsc4)c4ccc(c1)c2c34. The summed E-state index contributed by atoms with van der Waals surface area (Å²) in [5.41, 5.74) is 3.55. The zero-order chi connectivity index (χ0) is 14.5. The lowest BCUT2D eigenvalue weighted by Gasteiger charge is -2.12. The minimum absolute atomic E-state index is 0.928. The molecule has 0 saturated heterocycles. The molecule has 22 heavy (non-hydrogen) atoms. The highest BCUT2D eigenvalue weighted by Gasteiger charge is 2.12. The van der Waals surface area contributed by atoms with Crippen molar-refractivity contribution in [1.82, 2.24) is 0 Å². The van der Waals surface area contributed by atoms with E-state index in [-0.39, 0.29) is 0 Å². The van der Waals surface area contributed by atoms with Crippen molar-refractivity contribution in [3.8, 4) is 0 Å². The van der Waals surface area contributed by atoms with Crippen LogP contribution in [-0.4, -0.2) is 0 Å². The highest BCUT2D eigenvalue weighted by Crippen LogP contribution is 2.35. The summed E-state index contributed by atoms with van der Waals surface area (Å²) in [6.45, 7) is 0.928. The van der Waals surface area contributed by atoms with Gasteiger partial charge in [-0.2, -0.15) is 4.57 Å². The van der Waals surface area contributed by atoms with Gasteiger partial charge in [-0.15, -0.1) is 0 Å². The van der Waals surface area contributed by atoms with E-state index in [4.69, 9.17) is 0 Å². The summed E-state index contributed by atoms with van der Waals surface area (Å²) in [7, 11) is 0. The Morgan fingerprint density at radius 1 is 0.773 bits per heavy atom. The second-order valence-electron chi connectivity index (χ2n) is 5.78. The van der Waals surface area contributed by atoms with Gasteiger partial charge in [-0.05, 0) is 32.3 Å². The van der Waals surface area contributed by atoms with Crippen LogP contribution in [0.5, 0.6) is 0 Å². The predicted molar refractivity (Wildman–Crippen MR) is 93.8 cm³/mol. The Balaban J connectivity index is 1.89. The van der Waals surface area contributed by atoms with Crippen molar-refractivity contribution in [1.29, 1.82) is 0 Å². The fraction of sp³-hybridized carbons (Fsp3) is 0.0500. The van der Waals surface area contributed by atoms with Gasteiger partial charge in [-0.3, -0.25) is 0 Å². The molecule has 4 aromatic carbocycles. The van der Waals surface area contributed by atoms with Crippen molar-refractivity contribution in [3.05, 3.63) is 77.2 Å². The first-order valence-electron chi connectivity index (χ1n) is 7.47. The number of benzene rings is 4. The molecule has 1 aromatic heterocycles. The molecular formula is C20H14NS+. The minimum Gasteiger partial charge on any atom is -0.191 e. The molecule has 0 bridgehead atoms. The Bertz CT molecular complexity index is 1080. The standard InChI is InChI=1S/C20H14NS/c1-2-14-4-5-16-6-7-17(12-21-10-11-22-13-21)18-9-8-15(3-1)19(14)20(16)18/h1-11,13H,12H2/q+1. The van der Waals surface area contributed by atoms with Crippen LogP contribution in [0.4, 0.5) is 0 Å². The molecule has 104 valence electrons. The minimum atomic E-state index is 0.928. The number of hydrogen-bond acceptors (Lipinski definition) is 1. The Kier molecular flexibility index (Phi) is 2.49. The van der Waals surface area contributed by atoms with Gasteiger partial charge in [-0.1, -0.05) is 65.9 Å². The summed E-state index contributed by atoms with van der Waals surface area (Å²) in [6, 6.07) is 20.1. The molecule has 1 nitrogen and oxygen atoms in total. The summed E-state index contributed by atoms with van der Waals surface area (Å²) >= 11 is 1.74. The molecule has 0 aliphatic heterocycles. The summed E-state index contributed by atoms with van der Waals surface area (Å²) < 4.78 is 2.25. The van der Waals surface area contributed by atoms with Crippen molar-refractivity contribution >= 4 is 43.7 Å². The van der Waals surface area contributed by atoms with Gasteiger partial charge in [0, 0.05) is 5.56 Å². The van der Waals surface area contributed by atoms with Crippen molar-refractivity contribution in [2.45, 2.75) is 6.54 Å². The van der Waals surface area contributed by atoms with E-state index in [1.807, 2.05) is 0 Å². The van der Waals surface area contributed by atoms with Gasteiger partial charge in [-0.25, -0.2) is 0 Å². The first-order valence-corrected chi connectivity index (χ1v) is 8.41. The topological polar surface area (TPSA) is 3.88 Å². The van der Waals surface area contributed by atoms with Gasteiger partial charge in [0.15, 0.2) is 12.7 Å². The van der Waals surface area contributed by atoms with E-state index >= 15 is 0 Å². The van der Waals surface area contributed by atoms with Gasteiger partial charge in [0.1, 0.15) is 0 Å². The van der Waals surface area contributed by atoms with Gasteiger partial charge in [0.05, 0.1) is 5.38 Å². The number of hydrogen-bond donors (Lipinski definition) is 0. The van der Waals surface area contributed by atoms with Gasteiger partial charge < -0.3 is 0 Å². The Hall–Kier alpha value is -2.45. The normalized spacial score (nSPS) is 11.8. The smallest absolute Gasteiger partial charge is 0.191 e. The molecule has 0 spiro atoms. The first-order chi connectivity index (χ1) is 10.9. The highest BCUT2D eigenvalue weighted by atomic mass is 32.1. The maximum atomic E-state index is 2.28. The maximum absolute atomic E-state index is 2.28. The first kappa shape index (κ1) is 12.1. The third-order valence-electron chi connectivity index (χ3n) is 4.50. The molecule has 1 heterocycles. The summed E-state index contributed by atoms with van der Waals surface area (Å²) in [5, 5.41) is 10.3. The average Bonchev–Trinajstić information content (AvgIpc) is 3.07. The van der Waals surface area contributed by atoms with Gasteiger partial charge in [0.25, 0.3) is 0 Å². The highest BCUT2D eigenvalue weighted by molar-refractivity contribution is 7.07. The van der Waals surface area contributed by atoms with E-state index in [1.54, 1.807) is 11.3 Å². The lowest BCUT2D eigenvalue weighted by Crippen LogP contribution is -2.30. The summed E-state index contributed by atoms with van der Waals surface area (Å²) in [5.74, 6) is 0. The fourth-order valence-electron chi connectivity index (χ4n) is 3.48. The number of nitrogens with zero attached hydrogens (tertiary/aromatic N) is 1. The molecule has 0 radical (unpaired) electrons. The van der Waals surface area contributed by atoms with E-state index in [0.29, 0.717) is 0 Å². The van der Waals surface area contributed by atoms with E-state index in [2.05, 4.69) is 76.3 Å². The average molecular weight is 300 g/mol. The van der Waals surface area contributed by atoms with E-state index in [0.717, 1.165) is 6.54 Å².